The van der Waals surface area contributed by atoms with Crippen LogP contribution in [-0.4, -0.2) is 54.3 Å². The molecule has 138 valence electrons. The van der Waals surface area contributed by atoms with E-state index in [2.05, 4.69) is 5.32 Å². The Morgan fingerprint density at radius 3 is 2.62 bits per heavy atom. The maximum atomic E-state index is 13.2. The van der Waals surface area contributed by atoms with Crippen LogP contribution in [0, 0.1) is 5.41 Å². The molecule has 3 atom stereocenters. The molecule has 1 heterocycles. The predicted octanol–water partition coefficient (Wildman–Crippen LogP) is 2.71. The van der Waals surface area contributed by atoms with Gasteiger partial charge in [-0.1, -0.05) is 12.8 Å². The van der Waals surface area contributed by atoms with Gasteiger partial charge < -0.3 is 19.7 Å². The number of rotatable bonds is 2. The minimum Gasteiger partial charge on any atom is -0.444 e. The highest BCUT2D eigenvalue weighted by molar-refractivity contribution is 5.84. The molecular weight excluding hydrogens is 308 g/mol. The van der Waals surface area contributed by atoms with E-state index in [0.717, 1.165) is 25.7 Å². The number of nitrogens with one attached hydrogen (secondary N) is 1. The first-order chi connectivity index (χ1) is 11.1. The molecule has 0 aromatic rings. The van der Waals surface area contributed by atoms with Gasteiger partial charge in [0.05, 0.1) is 18.1 Å². The minimum atomic E-state index is -0.577. The van der Waals surface area contributed by atoms with Crippen LogP contribution in [0.1, 0.15) is 60.3 Å². The summed E-state index contributed by atoms with van der Waals surface area (Å²) in [5, 5.41) is 2.96. The molecule has 1 saturated carbocycles. The lowest BCUT2D eigenvalue weighted by Crippen LogP contribution is -2.59. The number of hydrogen-bond acceptors (Lipinski definition) is 4. The van der Waals surface area contributed by atoms with Crippen molar-refractivity contribution in [2.24, 2.45) is 5.41 Å². The second-order valence-electron chi connectivity index (χ2n) is 8.29. The number of carbonyl (C=O) groups excluding carboxylic acids is 2. The largest absolute Gasteiger partial charge is 0.444 e. The highest BCUT2D eigenvalue weighted by atomic mass is 16.6. The lowest BCUT2D eigenvalue weighted by molar-refractivity contribution is -0.151. The van der Waals surface area contributed by atoms with Crippen molar-refractivity contribution >= 4 is 12.0 Å². The van der Waals surface area contributed by atoms with Crippen molar-refractivity contribution in [1.82, 2.24) is 10.2 Å². The average Bonchev–Trinajstić information content (AvgIpc) is 2.47. The molecule has 1 saturated heterocycles. The van der Waals surface area contributed by atoms with Gasteiger partial charge in [0.2, 0.25) is 5.91 Å². The summed E-state index contributed by atoms with van der Waals surface area (Å²) in [5.74, 6) is 0.124. The third-order valence-electron chi connectivity index (χ3n) is 4.92. The maximum absolute atomic E-state index is 13.2. The Bertz CT molecular complexity index is 474. The van der Waals surface area contributed by atoms with Gasteiger partial charge in [-0.05, 0) is 47.5 Å². The summed E-state index contributed by atoms with van der Waals surface area (Å²) in [6.45, 7) is 11.3. The highest BCUT2D eigenvalue weighted by Gasteiger charge is 2.46. The molecule has 0 aromatic carbocycles. The van der Waals surface area contributed by atoms with Gasteiger partial charge in [0.25, 0.3) is 0 Å². The molecule has 24 heavy (non-hydrogen) atoms. The van der Waals surface area contributed by atoms with Crippen molar-refractivity contribution in [2.45, 2.75) is 78.0 Å². The van der Waals surface area contributed by atoms with Crippen LogP contribution >= 0.6 is 0 Å². The Hall–Kier alpha value is -1.30. The van der Waals surface area contributed by atoms with E-state index in [1.807, 2.05) is 39.5 Å². The zero-order valence-corrected chi connectivity index (χ0v) is 15.7. The lowest BCUT2D eigenvalue weighted by Gasteiger charge is -2.44. The summed E-state index contributed by atoms with van der Waals surface area (Å²) >= 11 is 0. The molecule has 2 fully saturated rings. The Balaban J connectivity index is 2.08. The highest BCUT2D eigenvalue weighted by Crippen LogP contribution is 2.38. The van der Waals surface area contributed by atoms with Gasteiger partial charge in [0.15, 0.2) is 0 Å². The van der Waals surface area contributed by atoms with Crippen molar-refractivity contribution in [2.75, 3.05) is 19.7 Å². The first kappa shape index (κ1) is 19.0. The summed E-state index contributed by atoms with van der Waals surface area (Å²) in [6.07, 6.45) is 3.24. The molecule has 0 bridgehead atoms. The molecule has 1 aliphatic heterocycles. The van der Waals surface area contributed by atoms with Crippen LogP contribution < -0.4 is 5.32 Å². The monoisotopic (exact) mass is 340 g/mol. The standard InChI is InChI=1S/C18H32N2O4/c1-13-12-20(10-11-23-13)15(21)18(5)9-7-6-8-14(18)19-16(22)24-17(2,3)4/h13-14H,6-12H2,1-5H3,(H,19,22)/t13-,14+,18-/m1/s1. The van der Waals surface area contributed by atoms with E-state index in [1.54, 1.807) is 0 Å². The summed E-state index contributed by atoms with van der Waals surface area (Å²) in [4.78, 5) is 27.3. The first-order valence-electron chi connectivity index (χ1n) is 9.02. The van der Waals surface area contributed by atoms with Gasteiger partial charge in [0, 0.05) is 19.1 Å². The fraction of sp³-hybridized carbons (Fsp3) is 0.889. The van der Waals surface area contributed by atoms with Crippen LogP contribution in [0.25, 0.3) is 0 Å². The van der Waals surface area contributed by atoms with Crippen LogP contribution in [-0.2, 0) is 14.3 Å². The fourth-order valence-corrected chi connectivity index (χ4v) is 3.63. The third-order valence-corrected chi connectivity index (χ3v) is 4.92. The third kappa shape index (κ3) is 4.62. The SMILES string of the molecule is C[C@@H]1CN(C(=O)[C@]2(C)CCCC[C@@H]2NC(=O)OC(C)(C)C)CCO1. The van der Waals surface area contributed by atoms with E-state index in [0.29, 0.717) is 19.7 Å². The van der Waals surface area contributed by atoms with Gasteiger partial charge in [-0.15, -0.1) is 0 Å². The van der Waals surface area contributed by atoms with Crippen LogP contribution in [0.4, 0.5) is 4.79 Å². The van der Waals surface area contributed by atoms with Crippen LogP contribution in [0.15, 0.2) is 0 Å². The zero-order valence-electron chi connectivity index (χ0n) is 15.7. The van der Waals surface area contributed by atoms with E-state index >= 15 is 0 Å². The summed E-state index contributed by atoms with van der Waals surface area (Å²) in [7, 11) is 0. The quantitative estimate of drug-likeness (QED) is 0.839. The number of nitrogens with zero attached hydrogens (tertiary/aromatic N) is 1. The van der Waals surface area contributed by atoms with Crippen LogP contribution in [0.3, 0.4) is 0 Å². The Labute approximate surface area is 145 Å². The van der Waals surface area contributed by atoms with E-state index in [9.17, 15) is 9.59 Å². The smallest absolute Gasteiger partial charge is 0.407 e. The van der Waals surface area contributed by atoms with Gasteiger partial charge in [0.1, 0.15) is 5.60 Å². The number of hydrogen-bond donors (Lipinski definition) is 1. The van der Waals surface area contributed by atoms with Crippen molar-refractivity contribution in [3.63, 3.8) is 0 Å². The van der Waals surface area contributed by atoms with Crippen molar-refractivity contribution in [3.05, 3.63) is 0 Å². The minimum absolute atomic E-state index is 0.0622. The van der Waals surface area contributed by atoms with Gasteiger partial charge in [-0.2, -0.15) is 0 Å². The number of morpholine rings is 1. The molecule has 1 aliphatic carbocycles. The van der Waals surface area contributed by atoms with Crippen molar-refractivity contribution in [1.29, 1.82) is 0 Å². The maximum Gasteiger partial charge on any atom is 0.407 e. The summed E-state index contributed by atoms with van der Waals surface area (Å²) in [5.41, 5.74) is -1.12. The Morgan fingerprint density at radius 2 is 2.00 bits per heavy atom. The van der Waals surface area contributed by atoms with Crippen molar-refractivity contribution in [3.8, 4) is 0 Å². The first-order valence-corrected chi connectivity index (χ1v) is 9.02. The molecule has 0 aromatic heterocycles. The molecule has 6 nitrogen and oxygen atoms in total. The van der Waals surface area contributed by atoms with Gasteiger partial charge >= 0.3 is 6.09 Å². The van der Waals surface area contributed by atoms with Gasteiger partial charge in [-0.3, -0.25) is 4.79 Å². The summed E-state index contributed by atoms with van der Waals surface area (Å²) < 4.78 is 10.9. The Kier molecular flexibility index (Phi) is 5.78. The van der Waals surface area contributed by atoms with E-state index < -0.39 is 17.1 Å². The molecular formula is C18H32N2O4. The second-order valence-corrected chi connectivity index (χ2v) is 8.29. The van der Waals surface area contributed by atoms with E-state index in [4.69, 9.17) is 9.47 Å². The molecule has 2 rings (SSSR count). The Morgan fingerprint density at radius 1 is 1.29 bits per heavy atom. The number of ether oxygens (including phenoxy) is 2. The molecule has 2 amide bonds. The number of carbonyl (C=O) groups is 2. The average molecular weight is 340 g/mol. The molecule has 1 N–H and O–H groups in total. The summed E-state index contributed by atoms with van der Waals surface area (Å²) in [6, 6.07) is -0.188. The molecule has 0 unspecified atom stereocenters. The lowest BCUT2D eigenvalue weighted by atomic mass is 9.70. The second kappa shape index (κ2) is 7.30. The molecule has 0 spiro atoms. The van der Waals surface area contributed by atoms with Gasteiger partial charge in [-0.25, -0.2) is 4.79 Å². The normalized spacial score (nSPS) is 31.5. The fourth-order valence-electron chi connectivity index (χ4n) is 3.63. The molecule has 2 aliphatic rings. The molecule has 6 heteroatoms. The van der Waals surface area contributed by atoms with Crippen LogP contribution in [0.2, 0.25) is 0 Å². The topological polar surface area (TPSA) is 67.9 Å². The van der Waals surface area contributed by atoms with E-state index in [-0.39, 0.29) is 18.1 Å². The zero-order chi connectivity index (χ0) is 18.0. The van der Waals surface area contributed by atoms with E-state index in [1.165, 1.54) is 0 Å². The van der Waals surface area contributed by atoms with Crippen molar-refractivity contribution < 1.29 is 19.1 Å². The predicted molar refractivity (Wildman–Crippen MR) is 91.7 cm³/mol. The number of alkyl carbamates (subject to hydrolysis) is 1. The number of amides is 2. The molecule has 0 radical (unpaired) electrons. The van der Waals surface area contributed by atoms with Crippen LogP contribution in [0.5, 0.6) is 0 Å².